The first-order chi connectivity index (χ1) is 12.9. The van der Waals surface area contributed by atoms with Gasteiger partial charge in [0.1, 0.15) is 5.82 Å². The van der Waals surface area contributed by atoms with Crippen molar-refractivity contribution in [2.75, 3.05) is 31.6 Å². The summed E-state index contributed by atoms with van der Waals surface area (Å²) in [5.74, 6) is 0.0382. The molecule has 0 radical (unpaired) electrons. The second-order valence-electron chi connectivity index (χ2n) is 6.05. The molecule has 1 aromatic carbocycles. The predicted octanol–water partition coefficient (Wildman–Crippen LogP) is 2.22. The number of morpholine rings is 1. The number of halogens is 1. The largest absolute Gasteiger partial charge is 0.379 e. The number of benzene rings is 1. The standard InChI is InChI=1S/C17H21ClN4O4S/c1-2-7-22-16(5-6-19-22)20-17(23)14-12-13(3-4-15(14)18)27(24,25)21-8-10-26-11-9-21/h3-6,12H,2,7-11H2,1H3,(H,20,23). The van der Waals surface area contributed by atoms with Crippen molar-refractivity contribution in [3.05, 3.63) is 41.0 Å². The highest BCUT2D eigenvalue weighted by molar-refractivity contribution is 7.89. The van der Waals surface area contributed by atoms with E-state index in [1.807, 2.05) is 6.92 Å². The Hall–Kier alpha value is -1.94. The minimum absolute atomic E-state index is 0.0287. The lowest BCUT2D eigenvalue weighted by Crippen LogP contribution is -2.40. The van der Waals surface area contributed by atoms with Crippen LogP contribution in [0.1, 0.15) is 23.7 Å². The zero-order valence-electron chi connectivity index (χ0n) is 14.9. The van der Waals surface area contributed by atoms with Gasteiger partial charge in [-0.25, -0.2) is 13.1 Å². The summed E-state index contributed by atoms with van der Waals surface area (Å²) in [6, 6.07) is 5.82. The second-order valence-corrected chi connectivity index (χ2v) is 8.40. The van der Waals surface area contributed by atoms with E-state index in [0.29, 0.717) is 25.6 Å². The van der Waals surface area contributed by atoms with Crippen molar-refractivity contribution in [3.63, 3.8) is 0 Å². The number of ether oxygens (including phenoxy) is 1. The number of aryl methyl sites for hydroxylation is 1. The van der Waals surface area contributed by atoms with Crippen LogP contribution in [0, 0.1) is 0 Å². The molecule has 10 heteroatoms. The fourth-order valence-corrected chi connectivity index (χ4v) is 4.43. The molecular weight excluding hydrogens is 392 g/mol. The van der Waals surface area contributed by atoms with Crippen LogP contribution in [0.5, 0.6) is 0 Å². The van der Waals surface area contributed by atoms with E-state index in [1.165, 1.54) is 22.5 Å². The van der Waals surface area contributed by atoms with Gasteiger partial charge in [-0.2, -0.15) is 9.40 Å². The minimum Gasteiger partial charge on any atom is -0.379 e. The second kappa shape index (κ2) is 8.39. The maximum Gasteiger partial charge on any atom is 0.258 e. The van der Waals surface area contributed by atoms with Crippen molar-refractivity contribution in [2.45, 2.75) is 24.8 Å². The average Bonchev–Trinajstić information content (AvgIpc) is 3.09. The summed E-state index contributed by atoms with van der Waals surface area (Å²) >= 11 is 6.16. The van der Waals surface area contributed by atoms with Crippen molar-refractivity contribution >= 4 is 33.3 Å². The highest BCUT2D eigenvalue weighted by Crippen LogP contribution is 2.24. The number of nitrogens with zero attached hydrogens (tertiary/aromatic N) is 3. The minimum atomic E-state index is -3.72. The van der Waals surface area contributed by atoms with E-state index >= 15 is 0 Å². The molecule has 2 heterocycles. The van der Waals surface area contributed by atoms with Gasteiger partial charge < -0.3 is 10.1 Å². The summed E-state index contributed by atoms with van der Waals surface area (Å²) < 4.78 is 33.8. The SMILES string of the molecule is CCCn1nccc1NC(=O)c1cc(S(=O)(=O)N2CCOCC2)ccc1Cl. The van der Waals surface area contributed by atoms with Gasteiger partial charge in [0.05, 0.1) is 34.9 Å². The summed E-state index contributed by atoms with van der Waals surface area (Å²) in [6.45, 7) is 3.92. The third kappa shape index (κ3) is 4.32. The predicted molar refractivity (Wildman–Crippen MR) is 102 cm³/mol. The Bertz CT molecular complexity index is 923. The number of carbonyl (C=O) groups is 1. The smallest absolute Gasteiger partial charge is 0.258 e. The maximum absolute atomic E-state index is 12.8. The van der Waals surface area contributed by atoms with Crippen LogP contribution in [-0.4, -0.2) is 54.7 Å². The van der Waals surface area contributed by atoms with Crippen LogP contribution >= 0.6 is 11.6 Å². The number of hydrogen-bond acceptors (Lipinski definition) is 5. The summed E-state index contributed by atoms with van der Waals surface area (Å²) in [5, 5.41) is 7.06. The molecule has 8 nitrogen and oxygen atoms in total. The lowest BCUT2D eigenvalue weighted by Gasteiger charge is -2.26. The Morgan fingerprint density at radius 1 is 1.30 bits per heavy atom. The average molecular weight is 413 g/mol. The Morgan fingerprint density at radius 2 is 2.04 bits per heavy atom. The van der Waals surface area contributed by atoms with Gasteiger partial charge in [0, 0.05) is 25.7 Å². The van der Waals surface area contributed by atoms with Crippen molar-refractivity contribution in [1.82, 2.24) is 14.1 Å². The summed E-state index contributed by atoms with van der Waals surface area (Å²) in [5.41, 5.74) is 0.0928. The van der Waals surface area contributed by atoms with Crippen molar-refractivity contribution in [1.29, 1.82) is 0 Å². The van der Waals surface area contributed by atoms with Crippen LogP contribution in [0.3, 0.4) is 0 Å². The van der Waals surface area contributed by atoms with Crippen LogP contribution in [0.4, 0.5) is 5.82 Å². The van der Waals surface area contributed by atoms with Gasteiger partial charge >= 0.3 is 0 Å². The number of anilines is 1. The summed E-state index contributed by atoms with van der Waals surface area (Å²) in [7, 11) is -3.72. The Kier molecular flexibility index (Phi) is 6.15. The Balaban J connectivity index is 1.86. The molecule has 1 amide bonds. The van der Waals surface area contributed by atoms with Gasteiger partial charge in [0.2, 0.25) is 10.0 Å². The van der Waals surface area contributed by atoms with Crippen LogP contribution < -0.4 is 5.32 Å². The molecule has 1 fully saturated rings. The molecular formula is C17H21ClN4O4S. The molecule has 1 N–H and O–H groups in total. The van der Waals surface area contributed by atoms with Gasteiger partial charge in [-0.3, -0.25) is 4.79 Å². The number of nitrogens with one attached hydrogen (secondary N) is 1. The molecule has 1 aliphatic heterocycles. The van der Waals surface area contributed by atoms with E-state index in [1.54, 1.807) is 16.9 Å². The first kappa shape index (κ1) is 19.8. The van der Waals surface area contributed by atoms with Gasteiger partial charge in [-0.1, -0.05) is 18.5 Å². The first-order valence-corrected chi connectivity index (χ1v) is 10.5. The summed E-state index contributed by atoms with van der Waals surface area (Å²) in [6.07, 6.45) is 2.45. The molecule has 1 aromatic heterocycles. The maximum atomic E-state index is 12.8. The Morgan fingerprint density at radius 3 is 2.74 bits per heavy atom. The number of amides is 1. The van der Waals surface area contributed by atoms with Crippen molar-refractivity contribution < 1.29 is 17.9 Å². The number of carbonyl (C=O) groups excluding carboxylic acids is 1. The molecule has 1 aliphatic rings. The molecule has 0 spiro atoms. The molecule has 1 saturated heterocycles. The molecule has 2 aromatic rings. The van der Waals surface area contributed by atoms with Gasteiger partial charge in [-0.15, -0.1) is 0 Å². The molecule has 146 valence electrons. The third-order valence-electron chi connectivity index (χ3n) is 4.18. The lowest BCUT2D eigenvalue weighted by molar-refractivity contribution is 0.0730. The molecule has 3 rings (SSSR count). The van der Waals surface area contributed by atoms with E-state index in [2.05, 4.69) is 10.4 Å². The molecule has 0 saturated carbocycles. The van der Waals surface area contributed by atoms with Gasteiger partial charge in [0.25, 0.3) is 5.91 Å². The lowest BCUT2D eigenvalue weighted by atomic mass is 10.2. The third-order valence-corrected chi connectivity index (χ3v) is 6.41. The van der Waals surface area contributed by atoms with E-state index < -0.39 is 15.9 Å². The van der Waals surface area contributed by atoms with Crippen molar-refractivity contribution in [2.24, 2.45) is 0 Å². The monoisotopic (exact) mass is 412 g/mol. The topological polar surface area (TPSA) is 93.5 Å². The van der Waals surface area contributed by atoms with E-state index in [-0.39, 0.29) is 28.6 Å². The number of hydrogen-bond donors (Lipinski definition) is 1. The van der Waals surface area contributed by atoms with Crippen LogP contribution in [0.15, 0.2) is 35.4 Å². The summed E-state index contributed by atoms with van der Waals surface area (Å²) in [4.78, 5) is 12.7. The van der Waals surface area contributed by atoms with E-state index in [9.17, 15) is 13.2 Å². The number of rotatable bonds is 6. The first-order valence-electron chi connectivity index (χ1n) is 8.64. The zero-order chi connectivity index (χ0) is 19.4. The molecule has 0 bridgehead atoms. The van der Waals surface area contributed by atoms with Gasteiger partial charge in [0.15, 0.2) is 0 Å². The van der Waals surface area contributed by atoms with E-state index in [4.69, 9.17) is 16.3 Å². The van der Waals surface area contributed by atoms with Crippen LogP contribution in [0.2, 0.25) is 5.02 Å². The number of aromatic nitrogens is 2. The molecule has 0 atom stereocenters. The van der Waals surface area contributed by atoms with Gasteiger partial charge in [-0.05, 0) is 24.6 Å². The Labute approximate surface area is 163 Å². The fraction of sp³-hybridized carbons (Fsp3) is 0.412. The van der Waals surface area contributed by atoms with Crippen LogP contribution in [0.25, 0.3) is 0 Å². The highest BCUT2D eigenvalue weighted by atomic mass is 35.5. The number of sulfonamides is 1. The molecule has 0 unspecified atom stereocenters. The molecule has 27 heavy (non-hydrogen) atoms. The fourth-order valence-electron chi connectivity index (χ4n) is 2.79. The van der Waals surface area contributed by atoms with Crippen LogP contribution in [-0.2, 0) is 21.3 Å². The van der Waals surface area contributed by atoms with E-state index in [0.717, 1.165) is 6.42 Å². The normalized spacial score (nSPS) is 15.6. The quantitative estimate of drug-likeness (QED) is 0.785. The zero-order valence-corrected chi connectivity index (χ0v) is 16.5. The van der Waals surface area contributed by atoms with Crippen molar-refractivity contribution in [3.8, 4) is 0 Å². The molecule has 0 aliphatic carbocycles. The highest BCUT2D eigenvalue weighted by Gasteiger charge is 2.27.